The summed E-state index contributed by atoms with van der Waals surface area (Å²) in [5.41, 5.74) is 2.07. The first kappa shape index (κ1) is 27.1. The van der Waals surface area contributed by atoms with E-state index in [1.807, 2.05) is 48.5 Å². The van der Waals surface area contributed by atoms with Crippen LogP contribution in [0.15, 0.2) is 90.3 Å². The molecular formula is C30H24F2N6O3. The zero-order valence-corrected chi connectivity index (χ0v) is 21.8. The van der Waals surface area contributed by atoms with Crippen LogP contribution >= 0.6 is 0 Å². The number of carbonyl (C=O) groups excluding carboxylic acids is 1. The van der Waals surface area contributed by atoms with E-state index in [1.54, 1.807) is 19.4 Å². The summed E-state index contributed by atoms with van der Waals surface area (Å²) < 4.78 is 33.0. The van der Waals surface area contributed by atoms with Crippen LogP contribution in [0.3, 0.4) is 0 Å². The van der Waals surface area contributed by atoms with Gasteiger partial charge in [0.15, 0.2) is 11.6 Å². The summed E-state index contributed by atoms with van der Waals surface area (Å²) in [5.74, 6) is -1.38. The molecule has 0 saturated heterocycles. The molecule has 0 aliphatic heterocycles. The van der Waals surface area contributed by atoms with Crippen molar-refractivity contribution >= 4 is 34.5 Å². The van der Waals surface area contributed by atoms with E-state index in [0.29, 0.717) is 11.5 Å². The first-order valence-corrected chi connectivity index (χ1v) is 12.5. The third-order valence-electron chi connectivity index (χ3n) is 6.12. The Morgan fingerprint density at radius 2 is 1.85 bits per heavy atom. The van der Waals surface area contributed by atoms with Crippen LogP contribution in [0.2, 0.25) is 0 Å². The highest BCUT2D eigenvalue weighted by Crippen LogP contribution is 2.20. The molecule has 0 bridgehead atoms. The number of nitrogens with one attached hydrogen (secondary N) is 2. The third kappa shape index (κ3) is 6.59. The van der Waals surface area contributed by atoms with Crippen LogP contribution < -0.4 is 20.9 Å². The Bertz CT molecular complexity index is 1810. The first-order chi connectivity index (χ1) is 19.9. The number of methoxy groups -OCH3 is 1. The van der Waals surface area contributed by atoms with Crippen LogP contribution in [0.4, 0.5) is 20.4 Å². The van der Waals surface area contributed by atoms with Crippen molar-refractivity contribution in [2.45, 2.75) is 6.54 Å². The molecule has 0 fully saturated rings. The Balaban J connectivity index is 1.19. The van der Waals surface area contributed by atoms with Gasteiger partial charge < -0.3 is 15.4 Å². The van der Waals surface area contributed by atoms with Crippen LogP contribution in [0.25, 0.3) is 17.0 Å². The largest absolute Gasteiger partial charge is 0.497 e. The molecule has 0 radical (unpaired) electrons. The lowest BCUT2D eigenvalue weighted by atomic mass is 10.1. The Kier molecular flexibility index (Phi) is 8.05. The molecule has 0 spiro atoms. The van der Waals surface area contributed by atoms with Gasteiger partial charge in [-0.1, -0.05) is 24.3 Å². The van der Waals surface area contributed by atoms with Crippen molar-refractivity contribution in [2.24, 2.45) is 0 Å². The number of halogens is 2. The Morgan fingerprint density at radius 1 is 1.02 bits per heavy atom. The molecule has 9 nitrogen and oxygen atoms in total. The Morgan fingerprint density at radius 3 is 2.63 bits per heavy atom. The number of anilines is 2. The lowest BCUT2D eigenvalue weighted by Crippen LogP contribution is -2.33. The van der Waals surface area contributed by atoms with E-state index in [-0.39, 0.29) is 18.7 Å². The standard InChI is InChI=1S/C30H24F2N6O3/c1-41-23-8-6-22(7-9-23)36-30-35-15-21-13-19(5-11-27(21)37-30)3-2-12-34-28(39)24-16-33-18-38(29(24)40)17-20-4-10-25(31)26(32)14-20/h2-11,13-16,18H,12,17H2,1H3,(H,34,39)(H,35,36,37)/b3-2+. The molecule has 11 heteroatoms. The maximum Gasteiger partial charge on any atom is 0.266 e. The fraction of sp³-hybridized carbons (Fsp3) is 0.100. The molecule has 0 saturated carbocycles. The first-order valence-electron chi connectivity index (χ1n) is 12.5. The monoisotopic (exact) mass is 554 g/mol. The number of amides is 1. The van der Waals surface area contributed by atoms with Gasteiger partial charge in [-0.3, -0.25) is 14.2 Å². The lowest BCUT2D eigenvalue weighted by molar-refractivity contribution is 0.0955. The molecule has 0 atom stereocenters. The molecule has 1 amide bonds. The second kappa shape index (κ2) is 12.2. The zero-order chi connectivity index (χ0) is 28.8. The maximum absolute atomic E-state index is 13.5. The van der Waals surface area contributed by atoms with E-state index < -0.39 is 23.1 Å². The Labute approximate surface area is 233 Å². The van der Waals surface area contributed by atoms with E-state index in [4.69, 9.17) is 4.74 Å². The van der Waals surface area contributed by atoms with Crippen LogP contribution in [-0.2, 0) is 6.54 Å². The average molecular weight is 555 g/mol. The summed E-state index contributed by atoms with van der Waals surface area (Å²) in [7, 11) is 1.61. The van der Waals surface area contributed by atoms with Gasteiger partial charge >= 0.3 is 0 Å². The number of hydrogen-bond donors (Lipinski definition) is 2. The highest BCUT2D eigenvalue weighted by Gasteiger charge is 2.13. The van der Waals surface area contributed by atoms with Crippen molar-refractivity contribution in [3.05, 3.63) is 124 Å². The molecule has 41 heavy (non-hydrogen) atoms. The highest BCUT2D eigenvalue weighted by atomic mass is 19.2. The molecule has 2 N–H and O–H groups in total. The van der Waals surface area contributed by atoms with Crippen molar-refractivity contribution in [1.82, 2.24) is 24.8 Å². The maximum atomic E-state index is 13.5. The second-order valence-corrected chi connectivity index (χ2v) is 8.97. The molecule has 206 valence electrons. The number of nitrogens with zero attached hydrogens (tertiary/aromatic N) is 4. The van der Waals surface area contributed by atoms with Crippen molar-refractivity contribution in [3.8, 4) is 5.75 Å². The number of carbonyl (C=O) groups is 1. The number of rotatable bonds is 9. The minimum absolute atomic E-state index is 0.0607. The van der Waals surface area contributed by atoms with Crippen molar-refractivity contribution in [2.75, 3.05) is 19.0 Å². The summed E-state index contributed by atoms with van der Waals surface area (Å²) in [5, 5.41) is 6.67. The zero-order valence-electron chi connectivity index (χ0n) is 21.8. The van der Waals surface area contributed by atoms with E-state index in [0.717, 1.165) is 44.6 Å². The Hall–Kier alpha value is -5.45. The predicted molar refractivity (Wildman–Crippen MR) is 151 cm³/mol. The van der Waals surface area contributed by atoms with Crippen LogP contribution in [0, 0.1) is 11.6 Å². The third-order valence-corrected chi connectivity index (χ3v) is 6.12. The van der Waals surface area contributed by atoms with Gasteiger partial charge in [-0.2, -0.15) is 0 Å². The van der Waals surface area contributed by atoms with Gasteiger partial charge in [-0.25, -0.2) is 23.7 Å². The summed E-state index contributed by atoms with van der Waals surface area (Å²) in [6, 6.07) is 16.5. The van der Waals surface area contributed by atoms with Gasteiger partial charge in [0.2, 0.25) is 5.95 Å². The number of benzene rings is 3. The van der Waals surface area contributed by atoms with E-state index in [9.17, 15) is 18.4 Å². The van der Waals surface area contributed by atoms with Crippen molar-refractivity contribution in [3.63, 3.8) is 0 Å². The highest BCUT2D eigenvalue weighted by molar-refractivity contribution is 5.93. The number of aromatic nitrogens is 4. The predicted octanol–water partition coefficient (Wildman–Crippen LogP) is 4.71. The fourth-order valence-electron chi connectivity index (χ4n) is 4.01. The van der Waals surface area contributed by atoms with Crippen molar-refractivity contribution < 1.29 is 18.3 Å². The van der Waals surface area contributed by atoms with Gasteiger partial charge in [0.25, 0.3) is 11.5 Å². The van der Waals surface area contributed by atoms with Crippen LogP contribution in [0.5, 0.6) is 5.75 Å². The van der Waals surface area contributed by atoms with Crippen LogP contribution in [-0.4, -0.2) is 39.1 Å². The molecule has 0 aliphatic carbocycles. The molecule has 0 unspecified atom stereocenters. The summed E-state index contributed by atoms with van der Waals surface area (Å²) >= 11 is 0. The van der Waals surface area contributed by atoms with Gasteiger partial charge in [0.1, 0.15) is 11.3 Å². The summed E-state index contributed by atoms with van der Waals surface area (Å²) in [4.78, 5) is 38.2. The quantitative estimate of drug-likeness (QED) is 0.272. The molecule has 2 heterocycles. The fourth-order valence-corrected chi connectivity index (χ4v) is 4.01. The molecule has 3 aromatic carbocycles. The number of hydrogen-bond acceptors (Lipinski definition) is 7. The second-order valence-electron chi connectivity index (χ2n) is 8.97. The minimum Gasteiger partial charge on any atom is -0.497 e. The minimum atomic E-state index is -1.02. The topological polar surface area (TPSA) is 111 Å². The molecule has 5 rings (SSSR count). The average Bonchev–Trinajstić information content (AvgIpc) is 2.98. The molecule has 0 aliphatic rings. The smallest absolute Gasteiger partial charge is 0.266 e. The van der Waals surface area contributed by atoms with Gasteiger partial charge in [-0.05, 0) is 59.7 Å². The molecule has 2 aromatic heterocycles. The summed E-state index contributed by atoms with van der Waals surface area (Å²) in [6.45, 7) is 0.102. The van der Waals surface area contributed by atoms with Gasteiger partial charge in [0.05, 0.1) is 25.5 Å². The molecular weight excluding hydrogens is 530 g/mol. The van der Waals surface area contributed by atoms with E-state index in [2.05, 4.69) is 25.6 Å². The normalized spacial score (nSPS) is 11.1. The van der Waals surface area contributed by atoms with Crippen LogP contribution in [0.1, 0.15) is 21.5 Å². The van der Waals surface area contributed by atoms with Gasteiger partial charge in [-0.15, -0.1) is 0 Å². The summed E-state index contributed by atoms with van der Waals surface area (Å²) in [6.07, 6.45) is 7.71. The number of ether oxygens (including phenoxy) is 1. The van der Waals surface area contributed by atoms with E-state index in [1.165, 1.54) is 18.6 Å². The lowest BCUT2D eigenvalue weighted by Gasteiger charge is -2.08. The SMILES string of the molecule is COc1ccc(Nc2ncc3cc(/C=C/CNC(=O)c4cncn(Cc5ccc(F)c(F)c5)c4=O)ccc3n2)cc1. The number of fused-ring (bicyclic) bond motifs is 1. The van der Waals surface area contributed by atoms with Gasteiger partial charge in [0, 0.05) is 30.0 Å². The van der Waals surface area contributed by atoms with Crippen molar-refractivity contribution in [1.29, 1.82) is 0 Å². The molecule has 5 aromatic rings. The van der Waals surface area contributed by atoms with E-state index >= 15 is 0 Å².